The Balaban J connectivity index is 2.88. The molecule has 0 bridgehead atoms. The van der Waals surface area contributed by atoms with Gasteiger partial charge in [0, 0.05) is 5.69 Å². The molecular weight excluding hydrogens is 230 g/mol. The number of aromatic nitrogens is 1. The van der Waals surface area contributed by atoms with Crippen LogP contribution in [0.25, 0.3) is 4.85 Å². The smallest absolute Gasteiger partial charge is 0.413 e. The van der Waals surface area contributed by atoms with Crippen molar-refractivity contribution in [3.63, 3.8) is 0 Å². The van der Waals surface area contributed by atoms with Crippen LogP contribution in [0.1, 0.15) is 32.0 Å². The number of anilines is 1. The lowest BCUT2D eigenvalue weighted by molar-refractivity contribution is 0.0635. The molecule has 0 atom stereocenters. The third kappa shape index (κ3) is 3.74. The van der Waals surface area contributed by atoms with Crippen LogP contribution in [0.5, 0.6) is 0 Å². The molecule has 5 nitrogen and oxygen atoms in total. The molecule has 1 rings (SSSR count). The normalized spacial score (nSPS) is 10.7. The summed E-state index contributed by atoms with van der Waals surface area (Å²) in [6, 6.07) is 1.66. The van der Waals surface area contributed by atoms with Gasteiger partial charge in [-0.05, 0) is 46.2 Å². The first-order valence-corrected chi connectivity index (χ1v) is 5.58. The summed E-state index contributed by atoms with van der Waals surface area (Å²) in [6.07, 6.45) is -0.552. The summed E-state index contributed by atoms with van der Waals surface area (Å²) in [4.78, 5) is 19.1. The van der Waals surface area contributed by atoms with Crippen LogP contribution in [-0.2, 0) is 4.74 Å². The number of pyridine rings is 1. The third-order valence-electron chi connectivity index (χ3n) is 2.10. The molecule has 0 spiro atoms. The molecule has 0 aliphatic carbocycles. The molecule has 5 heteroatoms. The molecule has 0 saturated heterocycles. The van der Waals surface area contributed by atoms with Crippen molar-refractivity contribution in [1.82, 2.24) is 4.98 Å². The van der Waals surface area contributed by atoms with Crippen LogP contribution in [0.3, 0.4) is 0 Å². The first-order valence-electron chi connectivity index (χ1n) is 5.58. The Morgan fingerprint density at radius 2 is 2.06 bits per heavy atom. The highest BCUT2D eigenvalue weighted by Gasteiger charge is 2.17. The third-order valence-corrected chi connectivity index (χ3v) is 2.10. The van der Waals surface area contributed by atoms with Gasteiger partial charge in [-0.1, -0.05) is 0 Å². The van der Waals surface area contributed by atoms with Gasteiger partial charge in [-0.15, -0.1) is 0 Å². The van der Waals surface area contributed by atoms with Crippen molar-refractivity contribution in [1.29, 1.82) is 0 Å². The summed E-state index contributed by atoms with van der Waals surface area (Å²) in [5.41, 5.74) is 1.34. The summed E-state index contributed by atoms with van der Waals surface area (Å²) < 4.78 is 5.13. The van der Waals surface area contributed by atoms with Gasteiger partial charge >= 0.3 is 6.09 Å². The fourth-order valence-corrected chi connectivity index (χ4v) is 1.47. The quantitative estimate of drug-likeness (QED) is 0.771. The summed E-state index contributed by atoms with van der Waals surface area (Å²) in [5, 5.41) is 2.56. The summed E-state index contributed by atoms with van der Waals surface area (Å²) in [6.45, 7) is 15.9. The van der Waals surface area contributed by atoms with Gasteiger partial charge < -0.3 is 4.74 Å². The average molecular weight is 247 g/mol. The maximum Gasteiger partial charge on any atom is 0.413 e. The van der Waals surface area contributed by atoms with E-state index < -0.39 is 11.7 Å². The van der Waals surface area contributed by atoms with E-state index in [1.807, 2.05) is 6.92 Å². The van der Waals surface area contributed by atoms with Crippen molar-refractivity contribution in [3.8, 4) is 0 Å². The van der Waals surface area contributed by atoms with Crippen LogP contribution in [0.15, 0.2) is 6.07 Å². The van der Waals surface area contributed by atoms with Gasteiger partial charge in [0.2, 0.25) is 5.69 Å². The summed E-state index contributed by atoms with van der Waals surface area (Å²) in [7, 11) is 0. The van der Waals surface area contributed by atoms with Crippen molar-refractivity contribution >= 4 is 17.6 Å². The van der Waals surface area contributed by atoms with Gasteiger partial charge in [0.15, 0.2) is 0 Å². The molecular formula is C13H17N3O2. The number of amides is 1. The topological polar surface area (TPSA) is 55.6 Å². The van der Waals surface area contributed by atoms with Crippen LogP contribution >= 0.6 is 0 Å². The van der Waals surface area contributed by atoms with Crippen molar-refractivity contribution < 1.29 is 9.53 Å². The number of ether oxygens (including phenoxy) is 1. The van der Waals surface area contributed by atoms with E-state index in [9.17, 15) is 4.79 Å². The zero-order valence-electron chi connectivity index (χ0n) is 11.3. The van der Waals surface area contributed by atoms with E-state index in [1.54, 1.807) is 33.8 Å². The Labute approximate surface area is 107 Å². The Kier molecular flexibility index (Phi) is 3.92. The van der Waals surface area contributed by atoms with Gasteiger partial charge in [-0.2, -0.15) is 0 Å². The molecule has 1 amide bonds. The maximum absolute atomic E-state index is 11.6. The molecule has 1 heterocycles. The first kappa shape index (κ1) is 14.0. The zero-order valence-corrected chi connectivity index (χ0v) is 11.3. The number of nitrogens with one attached hydrogen (secondary N) is 1. The number of nitrogens with zero attached hydrogens (tertiary/aromatic N) is 2. The highest BCUT2D eigenvalue weighted by Crippen LogP contribution is 2.24. The highest BCUT2D eigenvalue weighted by atomic mass is 16.6. The Morgan fingerprint density at radius 1 is 1.44 bits per heavy atom. The molecule has 0 saturated carbocycles. The molecule has 0 aliphatic heterocycles. The van der Waals surface area contributed by atoms with Gasteiger partial charge in [-0.3, -0.25) is 5.32 Å². The highest BCUT2D eigenvalue weighted by molar-refractivity contribution is 5.84. The van der Waals surface area contributed by atoms with Crippen LogP contribution in [0, 0.1) is 20.4 Å². The van der Waals surface area contributed by atoms with E-state index in [1.165, 1.54) is 0 Å². The fourth-order valence-electron chi connectivity index (χ4n) is 1.47. The van der Waals surface area contributed by atoms with E-state index in [-0.39, 0.29) is 0 Å². The summed E-state index contributed by atoms with van der Waals surface area (Å²) in [5.74, 6) is 0.395. The molecule has 0 aliphatic rings. The molecule has 1 aromatic rings. The van der Waals surface area contributed by atoms with E-state index in [2.05, 4.69) is 15.1 Å². The van der Waals surface area contributed by atoms with E-state index in [0.29, 0.717) is 17.2 Å². The van der Waals surface area contributed by atoms with Gasteiger partial charge in [0.25, 0.3) is 0 Å². The second kappa shape index (κ2) is 5.05. The Hall–Kier alpha value is -2.09. The van der Waals surface area contributed by atoms with Gasteiger partial charge in [-0.25, -0.2) is 14.6 Å². The van der Waals surface area contributed by atoms with Crippen LogP contribution in [-0.4, -0.2) is 16.7 Å². The second-order valence-corrected chi connectivity index (χ2v) is 5.00. The Bertz CT molecular complexity index is 487. The molecule has 18 heavy (non-hydrogen) atoms. The van der Waals surface area contributed by atoms with Crippen LogP contribution in [0.2, 0.25) is 0 Å². The largest absolute Gasteiger partial charge is 0.444 e. The lowest BCUT2D eigenvalue weighted by Gasteiger charge is -2.19. The molecule has 0 aromatic carbocycles. The number of aryl methyl sites for hydroxylation is 2. The molecule has 96 valence electrons. The Morgan fingerprint density at radius 3 is 2.50 bits per heavy atom. The van der Waals surface area contributed by atoms with Crippen molar-refractivity contribution in [2.45, 2.75) is 40.2 Å². The van der Waals surface area contributed by atoms with Gasteiger partial charge in [0.1, 0.15) is 11.4 Å². The van der Waals surface area contributed by atoms with Crippen molar-refractivity contribution in [2.75, 3.05) is 5.32 Å². The van der Waals surface area contributed by atoms with Crippen molar-refractivity contribution in [3.05, 3.63) is 28.7 Å². The number of carbonyl (C=O) groups is 1. The number of rotatable bonds is 1. The molecule has 1 N–H and O–H groups in total. The fraction of sp³-hybridized carbons (Fsp3) is 0.462. The zero-order chi connectivity index (χ0) is 13.9. The molecule has 0 unspecified atom stereocenters. The lowest BCUT2D eigenvalue weighted by atomic mass is 10.2. The summed E-state index contributed by atoms with van der Waals surface area (Å²) >= 11 is 0. The van der Waals surface area contributed by atoms with Gasteiger partial charge in [0.05, 0.1) is 6.57 Å². The monoisotopic (exact) mass is 247 g/mol. The standard InChI is InChI=1S/C13H17N3O2/c1-8-7-10(15-9(2)11(8)14-6)16-12(17)18-13(3,4)5/h7H,1-5H3,(H,15,16,17). The number of hydrogen-bond acceptors (Lipinski definition) is 3. The van der Waals surface area contributed by atoms with Crippen LogP contribution < -0.4 is 5.32 Å². The molecule has 0 fully saturated rings. The lowest BCUT2D eigenvalue weighted by Crippen LogP contribution is -2.27. The maximum atomic E-state index is 11.6. The predicted molar refractivity (Wildman–Crippen MR) is 69.8 cm³/mol. The van der Waals surface area contributed by atoms with Crippen molar-refractivity contribution in [2.24, 2.45) is 0 Å². The minimum atomic E-state index is -0.552. The SMILES string of the molecule is [C-]#[N+]c1c(C)cc(NC(=O)OC(C)(C)C)nc1C. The number of carbonyl (C=O) groups excluding carboxylic acids is 1. The minimum Gasteiger partial charge on any atom is -0.444 e. The predicted octanol–water partition coefficient (Wildman–Crippen LogP) is 3.60. The van der Waals surface area contributed by atoms with E-state index in [4.69, 9.17) is 11.3 Å². The first-order chi connectivity index (χ1) is 8.23. The second-order valence-electron chi connectivity index (χ2n) is 5.00. The molecule has 0 radical (unpaired) electrons. The number of hydrogen-bond donors (Lipinski definition) is 1. The average Bonchev–Trinajstić information content (AvgIpc) is 2.13. The van der Waals surface area contributed by atoms with Crippen LogP contribution in [0.4, 0.5) is 16.3 Å². The van der Waals surface area contributed by atoms with E-state index in [0.717, 1.165) is 5.56 Å². The van der Waals surface area contributed by atoms with E-state index >= 15 is 0 Å². The minimum absolute atomic E-state index is 0.395. The molecule has 1 aromatic heterocycles.